The minimum atomic E-state index is 0. The van der Waals surface area contributed by atoms with E-state index in [1.54, 1.807) is 0 Å². The van der Waals surface area contributed by atoms with Gasteiger partial charge in [0.15, 0.2) is 5.96 Å². The SMILES string of the molecule is CCNC(=NCC(=O)N1CCCc2ccccc21)NCC1(C)CCCS1.I. The molecule has 1 aromatic rings. The summed E-state index contributed by atoms with van der Waals surface area (Å²) in [6, 6.07) is 8.19. The molecule has 1 unspecified atom stereocenters. The highest BCUT2D eigenvalue weighted by atomic mass is 127. The van der Waals surface area contributed by atoms with E-state index in [9.17, 15) is 4.79 Å². The summed E-state index contributed by atoms with van der Waals surface area (Å²) in [5.41, 5.74) is 2.30. The number of nitrogens with zero attached hydrogens (tertiary/aromatic N) is 2. The number of aryl methyl sites for hydroxylation is 1. The van der Waals surface area contributed by atoms with Gasteiger partial charge in [-0.3, -0.25) is 4.79 Å². The summed E-state index contributed by atoms with van der Waals surface area (Å²) < 4.78 is 0.270. The Bertz CT molecular complexity index is 661. The van der Waals surface area contributed by atoms with E-state index in [1.165, 1.54) is 24.2 Å². The van der Waals surface area contributed by atoms with Gasteiger partial charge in [0.05, 0.1) is 0 Å². The van der Waals surface area contributed by atoms with Crippen LogP contribution in [0.5, 0.6) is 0 Å². The summed E-state index contributed by atoms with van der Waals surface area (Å²) in [4.78, 5) is 19.2. The van der Waals surface area contributed by atoms with Crippen molar-refractivity contribution in [3.8, 4) is 0 Å². The second kappa shape index (κ2) is 10.5. The zero-order valence-electron chi connectivity index (χ0n) is 16.3. The molecule has 2 N–H and O–H groups in total. The van der Waals surface area contributed by atoms with Crippen molar-refractivity contribution >= 4 is 53.3 Å². The van der Waals surface area contributed by atoms with Gasteiger partial charge < -0.3 is 15.5 Å². The van der Waals surface area contributed by atoms with Gasteiger partial charge >= 0.3 is 0 Å². The zero-order valence-corrected chi connectivity index (χ0v) is 19.4. The fourth-order valence-electron chi connectivity index (χ4n) is 3.61. The molecule has 1 amide bonds. The number of carbonyl (C=O) groups excluding carboxylic acids is 1. The number of benzene rings is 1. The summed E-state index contributed by atoms with van der Waals surface area (Å²) in [5.74, 6) is 2.04. The lowest BCUT2D eigenvalue weighted by molar-refractivity contribution is -0.117. The molecule has 0 saturated carbocycles. The monoisotopic (exact) mass is 502 g/mol. The number of rotatable bonds is 5. The number of amides is 1. The Labute approximate surface area is 184 Å². The van der Waals surface area contributed by atoms with Crippen molar-refractivity contribution in [2.75, 3.05) is 36.8 Å². The van der Waals surface area contributed by atoms with Gasteiger partial charge in [-0.25, -0.2) is 4.99 Å². The van der Waals surface area contributed by atoms with Crippen LogP contribution in [0.15, 0.2) is 29.3 Å². The lowest BCUT2D eigenvalue weighted by Crippen LogP contribution is -2.44. The van der Waals surface area contributed by atoms with Crippen molar-refractivity contribution in [1.29, 1.82) is 0 Å². The molecule has 0 spiro atoms. The van der Waals surface area contributed by atoms with Gasteiger partial charge in [0, 0.05) is 30.1 Å². The Morgan fingerprint density at radius 1 is 1.30 bits per heavy atom. The normalized spacial score (nSPS) is 22.0. The molecule has 0 radical (unpaired) electrons. The highest BCUT2D eigenvalue weighted by Crippen LogP contribution is 2.36. The van der Waals surface area contributed by atoms with E-state index < -0.39 is 0 Å². The molecule has 0 bridgehead atoms. The third kappa shape index (κ3) is 6.01. The molecule has 1 aromatic carbocycles. The number of hydrogen-bond acceptors (Lipinski definition) is 3. The number of para-hydroxylation sites is 1. The Hall–Kier alpha value is -0.960. The molecule has 0 aliphatic carbocycles. The van der Waals surface area contributed by atoms with E-state index in [0.717, 1.165) is 44.1 Å². The maximum absolute atomic E-state index is 12.8. The van der Waals surface area contributed by atoms with E-state index in [0.29, 0.717) is 0 Å². The molecular weight excluding hydrogens is 471 g/mol. The van der Waals surface area contributed by atoms with Crippen LogP contribution in [0.25, 0.3) is 0 Å². The number of carbonyl (C=O) groups is 1. The van der Waals surface area contributed by atoms with Crippen LogP contribution in [-0.2, 0) is 11.2 Å². The van der Waals surface area contributed by atoms with E-state index in [-0.39, 0.29) is 41.2 Å². The van der Waals surface area contributed by atoms with Crippen molar-refractivity contribution in [1.82, 2.24) is 10.6 Å². The zero-order chi connectivity index (χ0) is 18.4. The summed E-state index contributed by atoms with van der Waals surface area (Å²) in [6.45, 7) is 6.97. The molecule has 1 saturated heterocycles. The van der Waals surface area contributed by atoms with Crippen LogP contribution in [0.4, 0.5) is 5.69 Å². The number of nitrogens with one attached hydrogen (secondary N) is 2. The maximum Gasteiger partial charge on any atom is 0.248 e. The van der Waals surface area contributed by atoms with Crippen molar-refractivity contribution in [3.05, 3.63) is 29.8 Å². The van der Waals surface area contributed by atoms with Crippen molar-refractivity contribution < 1.29 is 4.79 Å². The minimum Gasteiger partial charge on any atom is -0.357 e. The van der Waals surface area contributed by atoms with E-state index in [2.05, 4.69) is 28.6 Å². The number of fused-ring (bicyclic) bond motifs is 1. The van der Waals surface area contributed by atoms with Gasteiger partial charge in [0.2, 0.25) is 5.91 Å². The van der Waals surface area contributed by atoms with Crippen LogP contribution in [-0.4, -0.2) is 48.5 Å². The smallest absolute Gasteiger partial charge is 0.248 e. The van der Waals surface area contributed by atoms with Crippen LogP contribution >= 0.6 is 35.7 Å². The molecule has 5 nitrogen and oxygen atoms in total. The standard InChI is InChI=1S/C20H30N4OS.HI/c1-3-21-19(23-15-20(2)11-7-13-26-20)22-14-18(25)24-12-6-9-16-8-4-5-10-17(16)24;/h4-5,8,10H,3,6-7,9,11-15H2,1-2H3,(H2,21,22,23);1H. The Morgan fingerprint density at radius 3 is 2.85 bits per heavy atom. The average molecular weight is 502 g/mol. The highest BCUT2D eigenvalue weighted by Gasteiger charge is 2.29. The van der Waals surface area contributed by atoms with Crippen LogP contribution < -0.4 is 15.5 Å². The highest BCUT2D eigenvalue weighted by molar-refractivity contribution is 14.0. The summed E-state index contributed by atoms with van der Waals surface area (Å²) in [5, 5.41) is 6.69. The van der Waals surface area contributed by atoms with Gasteiger partial charge in [-0.15, -0.1) is 24.0 Å². The number of aliphatic imine (C=N–C) groups is 1. The lowest BCUT2D eigenvalue weighted by atomic mass is 10.0. The number of halogens is 1. The molecule has 3 rings (SSSR count). The van der Waals surface area contributed by atoms with E-state index in [4.69, 9.17) is 0 Å². The number of thioether (sulfide) groups is 1. The van der Waals surface area contributed by atoms with Crippen LogP contribution in [0, 0.1) is 0 Å². The molecule has 150 valence electrons. The molecule has 27 heavy (non-hydrogen) atoms. The van der Waals surface area contributed by atoms with Gasteiger partial charge in [-0.05, 0) is 56.9 Å². The quantitative estimate of drug-likeness (QED) is 0.368. The fourth-order valence-corrected chi connectivity index (χ4v) is 4.86. The first kappa shape index (κ1) is 22.3. The molecule has 0 aromatic heterocycles. The molecule has 2 aliphatic rings. The number of anilines is 1. The first-order valence-electron chi connectivity index (χ1n) is 9.66. The minimum absolute atomic E-state index is 0. The van der Waals surface area contributed by atoms with Crippen LogP contribution in [0.3, 0.4) is 0 Å². The number of hydrogen-bond donors (Lipinski definition) is 2. The fraction of sp³-hybridized carbons (Fsp3) is 0.600. The third-order valence-corrected chi connectivity index (χ3v) is 6.60. The van der Waals surface area contributed by atoms with Crippen LogP contribution in [0.2, 0.25) is 0 Å². The predicted molar refractivity (Wildman–Crippen MR) is 127 cm³/mol. The summed E-state index contributed by atoms with van der Waals surface area (Å²) >= 11 is 2.02. The maximum atomic E-state index is 12.8. The second-order valence-corrected chi connectivity index (χ2v) is 8.91. The topological polar surface area (TPSA) is 56.7 Å². The van der Waals surface area contributed by atoms with E-state index in [1.807, 2.05) is 41.8 Å². The van der Waals surface area contributed by atoms with Crippen molar-refractivity contribution in [3.63, 3.8) is 0 Å². The average Bonchev–Trinajstić information content (AvgIpc) is 3.10. The molecule has 2 aliphatic heterocycles. The third-order valence-electron chi connectivity index (χ3n) is 5.06. The Balaban J connectivity index is 0.00000261. The lowest BCUT2D eigenvalue weighted by Gasteiger charge is -2.29. The van der Waals surface area contributed by atoms with Gasteiger partial charge in [0.25, 0.3) is 0 Å². The summed E-state index contributed by atoms with van der Waals surface area (Å²) in [6.07, 6.45) is 4.57. The molecule has 1 atom stereocenters. The van der Waals surface area contributed by atoms with E-state index >= 15 is 0 Å². The first-order valence-corrected chi connectivity index (χ1v) is 10.6. The molecule has 7 heteroatoms. The Morgan fingerprint density at radius 2 is 2.11 bits per heavy atom. The molecule has 1 fully saturated rings. The van der Waals surface area contributed by atoms with Gasteiger partial charge in [-0.2, -0.15) is 11.8 Å². The largest absolute Gasteiger partial charge is 0.357 e. The predicted octanol–water partition coefficient (Wildman–Crippen LogP) is 3.42. The second-order valence-electron chi connectivity index (χ2n) is 7.23. The first-order chi connectivity index (χ1) is 12.6. The summed E-state index contributed by atoms with van der Waals surface area (Å²) in [7, 11) is 0. The molecular formula is C20H31IN4OS. The van der Waals surface area contributed by atoms with Crippen LogP contribution in [0.1, 0.15) is 38.7 Å². The molecule has 2 heterocycles. The van der Waals surface area contributed by atoms with Crippen molar-refractivity contribution in [2.45, 2.75) is 44.3 Å². The van der Waals surface area contributed by atoms with Gasteiger partial charge in [0.1, 0.15) is 6.54 Å². The van der Waals surface area contributed by atoms with Crippen molar-refractivity contribution in [2.24, 2.45) is 4.99 Å². The number of guanidine groups is 1. The Kier molecular flexibility index (Phi) is 8.72. The van der Waals surface area contributed by atoms with Gasteiger partial charge in [-0.1, -0.05) is 18.2 Å².